The van der Waals surface area contributed by atoms with Crippen molar-refractivity contribution in [2.45, 2.75) is 13.0 Å². The van der Waals surface area contributed by atoms with Crippen LogP contribution in [0.15, 0.2) is 57.7 Å². The van der Waals surface area contributed by atoms with Crippen LogP contribution >= 0.6 is 0 Å². The summed E-state index contributed by atoms with van der Waals surface area (Å²) in [7, 11) is 0. The van der Waals surface area contributed by atoms with E-state index >= 15 is 0 Å². The summed E-state index contributed by atoms with van der Waals surface area (Å²) < 4.78 is 12.4. The number of fused-ring (bicyclic) bond motifs is 1. The average molecular weight is 284 g/mol. The number of nitrogens with two attached hydrogens (primary N) is 1. The van der Waals surface area contributed by atoms with Crippen molar-refractivity contribution in [3.63, 3.8) is 0 Å². The summed E-state index contributed by atoms with van der Waals surface area (Å²) in [5.74, 6) is 0.331. The number of ether oxygens (including phenoxy) is 1. The topological polar surface area (TPSA) is 70.4 Å². The second-order valence-electron chi connectivity index (χ2n) is 4.73. The van der Waals surface area contributed by atoms with E-state index in [0.29, 0.717) is 36.6 Å². The van der Waals surface area contributed by atoms with Gasteiger partial charge in [0, 0.05) is 6.54 Å². The van der Waals surface area contributed by atoms with Gasteiger partial charge in [0.1, 0.15) is 5.75 Å². The smallest absolute Gasteiger partial charge is 0.419 e. The SMILES string of the molecule is Nc1ccccc1OCCCn1c(=O)oc2ccccc21. The van der Waals surface area contributed by atoms with Crippen LogP contribution in [0.1, 0.15) is 6.42 Å². The molecule has 1 heterocycles. The Morgan fingerprint density at radius 3 is 2.71 bits per heavy atom. The molecule has 0 aliphatic heterocycles. The van der Waals surface area contributed by atoms with Gasteiger partial charge in [0.15, 0.2) is 5.58 Å². The van der Waals surface area contributed by atoms with Crippen molar-refractivity contribution in [1.82, 2.24) is 4.57 Å². The van der Waals surface area contributed by atoms with Gasteiger partial charge in [-0.3, -0.25) is 4.57 Å². The van der Waals surface area contributed by atoms with Gasteiger partial charge in [-0.25, -0.2) is 4.79 Å². The molecule has 5 nitrogen and oxygen atoms in total. The molecule has 2 N–H and O–H groups in total. The maximum absolute atomic E-state index is 11.8. The maximum Gasteiger partial charge on any atom is 0.419 e. The minimum absolute atomic E-state index is 0.338. The number of aromatic nitrogens is 1. The Balaban J connectivity index is 1.64. The molecule has 0 bridgehead atoms. The zero-order valence-electron chi connectivity index (χ0n) is 11.5. The Kier molecular flexibility index (Phi) is 3.64. The predicted octanol–water partition coefficient (Wildman–Crippen LogP) is 2.65. The number of anilines is 1. The fourth-order valence-electron chi connectivity index (χ4n) is 2.24. The lowest BCUT2D eigenvalue weighted by molar-refractivity contribution is 0.301. The van der Waals surface area contributed by atoms with Crippen LogP contribution in [0, 0.1) is 0 Å². The molecular weight excluding hydrogens is 268 g/mol. The molecule has 0 aliphatic rings. The van der Waals surface area contributed by atoms with Crippen LogP contribution in [0.3, 0.4) is 0 Å². The second-order valence-corrected chi connectivity index (χ2v) is 4.73. The number of hydrogen-bond donors (Lipinski definition) is 1. The third kappa shape index (κ3) is 2.76. The van der Waals surface area contributed by atoms with E-state index in [1.54, 1.807) is 16.7 Å². The van der Waals surface area contributed by atoms with Crippen molar-refractivity contribution >= 4 is 16.8 Å². The molecule has 3 aromatic rings. The number of nitrogen functional groups attached to an aromatic ring is 1. The summed E-state index contributed by atoms with van der Waals surface area (Å²) >= 11 is 0. The van der Waals surface area contributed by atoms with Gasteiger partial charge >= 0.3 is 5.76 Å². The Morgan fingerprint density at radius 2 is 1.86 bits per heavy atom. The fraction of sp³-hybridized carbons (Fsp3) is 0.188. The second kappa shape index (κ2) is 5.75. The Bertz CT molecular complexity index is 804. The van der Waals surface area contributed by atoms with Gasteiger partial charge in [0.25, 0.3) is 0 Å². The largest absolute Gasteiger partial charge is 0.491 e. The molecule has 0 fully saturated rings. The summed E-state index contributed by atoms with van der Waals surface area (Å²) in [6.45, 7) is 1.03. The van der Waals surface area contributed by atoms with Crippen LogP contribution < -0.4 is 16.2 Å². The highest BCUT2D eigenvalue weighted by Crippen LogP contribution is 2.20. The van der Waals surface area contributed by atoms with Crippen molar-refractivity contribution in [2.24, 2.45) is 0 Å². The molecule has 0 spiro atoms. The summed E-state index contributed by atoms with van der Waals surface area (Å²) in [6.07, 6.45) is 0.692. The Labute approximate surface area is 121 Å². The number of para-hydroxylation sites is 4. The van der Waals surface area contributed by atoms with Crippen LogP contribution in [0.2, 0.25) is 0 Å². The normalized spacial score (nSPS) is 10.9. The molecular formula is C16H16N2O3. The predicted molar refractivity (Wildman–Crippen MR) is 81.4 cm³/mol. The monoisotopic (exact) mass is 284 g/mol. The number of hydrogen-bond acceptors (Lipinski definition) is 4. The lowest BCUT2D eigenvalue weighted by Gasteiger charge is -2.08. The molecule has 108 valence electrons. The fourth-order valence-corrected chi connectivity index (χ4v) is 2.24. The van der Waals surface area contributed by atoms with Gasteiger partial charge in [-0.2, -0.15) is 0 Å². The van der Waals surface area contributed by atoms with E-state index in [9.17, 15) is 4.79 Å². The number of rotatable bonds is 5. The van der Waals surface area contributed by atoms with E-state index in [1.807, 2.05) is 36.4 Å². The number of oxazole rings is 1. The summed E-state index contributed by atoms with van der Waals surface area (Å²) in [6, 6.07) is 14.7. The van der Waals surface area contributed by atoms with Crippen LogP contribution in [0.25, 0.3) is 11.1 Å². The van der Waals surface area contributed by atoms with Gasteiger partial charge in [-0.05, 0) is 30.7 Å². The van der Waals surface area contributed by atoms with Crippen LogP contribution in [-0.2, 0) is 6.54 Å². The van der Waals surface area contributed by atoms with Gasteiger partial charge in [-0.15, -0.1) is 0 Å². The molecule has 0 saturated carbocycles. The summed E-state index contributed by atoms with van der Waals surface area (Å²) in [5.41, 5.74) is 7.83. The van der Waals surface area contributed by atoms with Gasteiger partial charge in [-0.1, -0.05) is 24.3 Å². The molecule has 0 radical (unpaired) electrons. The highest BCUT2D eigenvalue weighted by Gasteiger charge is 2.07. The van der Waals surface area contributed by atoms with Gasteiger partial charge in [0.05, 0.1) is 17.8 Å². The van der Waals surface area contributed by atoms with Crippen LogP contribution in [0.5, 0.6) is 5.75 Å². The molecule has 21 heavy (non-hydrogen) atoms. The molecule has 2 aromatic carbocycles. The number of nitrogens with zero attached hydrogens (tertiary/aromatic N) is 1. The van der Waals surface area contributed by atoms with Crippen molar-refractivity contribution in [1.29, 1.82) is 0 Å². The zero-order chi connectivity index (χ0) is 14.7. The zero-order valence-corrected chi connectivity index (χ0v) is 11.5. The highest BCUT2D eigenvalue weighted by molar-refractivity contribution is 5.72. The molecule has 0 atom stereocenters. The first-order valence-corrected chi connectivity index (χ1v) is 6.81. The van der Waals surface area contributed by atoms with Crippen molar-refractivity contribution in [2.75, 3.05) is 12.3 Å². The number of benzene rings is 2. The Hall–Kier alpha value is -2.69. The third-order valence-corrected chi connectivity index (χ3v) is 3.28. The van der Waals surface area contributed by atoms with E-state index < -0.39 is 0 Å². The third-order valence-electron chi connectivity index (χ3n) is 3.28. The molecule has 0 aliphatic carbocycles. The van der Waals surface area contributed by atoms with E-state index in [0.717, 1.165) is 5.52 Å². The van der Waals surface area contributed by atoms with Gasteiger partial charge < -0.3 is 14.9 Å². The first-order chi connectivity index (χ1) is 10.3. The maximum atomic E-state index is 11.8. The van der Waals surface area contributed by atoms with E-state index in [-0.39, 0.29) is 5.76 Å². The van der Waals surface area contributed by atoms with Crippen LogP contribution in [0.4, 0.5) is 5.69 Å². The average Bonchev–Trinajstić information content (AvgIpc) is 2.81. The highest BCUT2D eigenvalue weighted by atomic mass is 16.5. The first-order valence-electron chi connectivity index (χ1n) is 6.81. The van der Waals surface area contributed by atoms with E-state index in [4.69, 9.17) is 14.9 Å². The van der Waals surface area contributed by atoms with Gasteiger partial charge in [0.2, 0.25) is 0 Å². The minimum atomic E-state index is -0.338. The van der Waals surface area contributed by atoms with Crippen molar-refractivity contribution in [3.8, 4) is 5.75 Å². The standard InChI is InChI=1S/C16H16N2O3/c17-12-6-1-3-8-14(12)20-11-5-10-18-13-7-2-4-9-15(13)21-16(18)19/h1-4,6-9H,5,10-11,17H2. The first kappa shape index (κ1) is 13.3. The number of aryl methyl sites for hydroxylation is 1. The molecule has 0 amide bonds. The van der Waals surface area contributed by atoms with E-state index in [1.165, 1.54) is 0 Å². The minimum Gasteiger partial charge on any atom is -0.491 e. The molecule has 5 heteroatoms. The quantitative estimate of drug-likeness (QED) is 0.577. The molecule has 0 saturated heterocycles. The molecule has 1 aromatic heterocycles. The lowest BCUT2D eigenvalue weighted by Crippen LogP contribution is -2.16. The molecule has 0 unspecified atom stereocenters. The lowest BCUT2D eigenvalue weighted by atomic mass is 10.3. The summed E-state index contributed by atoms with van der Waals surface area (Å²) in [5, 5.41) is 0. The van der Waals surface area contributed by atoms with E-state index in [2.05, 4.69) is 0 Å². The van der Waals surface area contributed by atoms with Crippen LogP contribution in [-0.4, -0.2) is 11.2 Å². The van der Waals surface area contributed by atoms with Crippen molar-refractivity contribution in [3.05, 3.63) is 59.1 Å². The summed E-state index contributed by atoms with van der Waals surface area (Å²) in [4.78, 5) is 11.8. The molecule has 3 rings (SSSR count). The van der Waals surface area contributed by atoms with Crippen molar-refractivity contribution < 1.29 is 9.15 Å². The Morgan fingerprint density at radius 1 is 1.10 bits per heavy atom.